The van der Waals surface area contributed by atoms with Crippen molar-refractivity contribution in [1.29, 1.82) is 0 Å². The van der Waals surface area contributed by atoms with Crippen molar-refractivity contribution < 1.29 is 14.3 Å². The molecule has 1 aromatic heterocycles. The Labute approximate surface area is 140 Å². The second-order valence-corrected chi connectivity index (χ2v) is 6.32. The van der Waals surface area contributed by atoms with E-state index in [1.165, 1.54) is 4.57 Å². The van der Waals surface area contributed by atoms with Gasteiger partial charge < -0.3 is 24.3 Å². The minimum Gasteiger partial charge on any atom is -0.378 e. The van der Waals surface area contributed by atoms with Crippen molar-refractivity contribution in [3.05, 3.63) is 22.7 Å². The van der Waals surface area contributed by atoms with E-state index in [2.05, 4.69) is 10.3 Å². The number of aromatic nitrogens is 2. The number of hydrogen-bond donors (Lipinski definition) is 1. The lowest BCUT2D eigenvalue weighted by molar-refractivity contribution is -0.144. The van der Waals surface area contributed by atoms with E-state index in [0.29, 0.717) is 38.7 Å². The van der Waals surface area contributed by atoms with Crippen LogP contribution in [0.25, 0.3) is 0 Å². The summed E-state index contributed by atoms with van der Waals surface area (Å²) in [5, 5.41) is 3.03. The first-order valence-corrected chi connectivity index (χ1v) is 8.33. The molecule has 2 fully saturated rings. The Balaban J connectivity index is 1.56. The Morgan fingerprint density at radius 3 is 3.00 bits per heavy atom. The molecular weight excluding hydrogens is 312 g/mol. The Kier molecular flexibility index (Phi) is 5.15. The van der Waals surface area contributed by atoms with Crippen LogP contribution in [0.1, 0.15) is 13.3 Å². The molecule has 132 valence electrons. The van der Waals surface area contributed by atoms with Crippen LogP contribution in [0, 0.1) is 5.92 Å². The van der Waals surface area contributed by atoms with E-state index in [9.17, 15) is 9.59 Å². The largest absolute Gasteiger partial charge is 0.378 e. The average Bonchev–Trinajstić information content (AvgIpc) is 3.02. The summed E-state index contributed by atoms with van der Waals surface area (Å²) in [7, 11) is 1.68. The maximum Gasteiger partial charge on any atom is 0.293 e. The van der Waals surface area contributed by atoms with Gasteiger partial charge in [0, 0.05) is 45.7 Å². The van der Waals surface area contributed by atoms with Crippen molar-refractivity contribution in [3.63, 3.8) is 0 Å². The Bertz CT molecular complexity index is 647. The molecule has 2 aliphatic rings. The molecule has 8 nitrogen and oxygen atoms in total. The standard InChI is InChI=1S/C16H24N4O4/c1-11-13(3-7-23-11)15(21)20-6-8-24-12(10-20)9-18-14-16(22)19(2)5-4-17-14/h4-5,11-13H,3,6-10H2,1-2H3,(H,17,18). The summed E-state index contributed by atoms with van der Waals surface area (Å²) in [6.45, 7) is 4.65. The van der Waals surface area contributed by atoms with E-state index in [4.69, 9.17) is 9.47 Å². The number of morpholine rings is 1. The van der Waals surface area contributed by atoms with Gasteiger partial charge in [0.05, 0.1) is 24.7 Å². The molecule has 0 saturated carbocycles. The van der Waals surface area contributed by atoms with Crippen LogP contribution >= 0.6 is 0 Å². The first-order valence-electron chi connectivity index (χ1n) is 8.33. The van der Waals surface area contributed by atoms with E-state index in [0.717, 1.165) is 6.42 Å². The molecule has 1 amide bonds. The van der Waals surface area contributed by atoms with Crippen LogP contribution in [0.15, 0.2) is 17.2 Å². The van der Waals surface area contributed by atoms with Crippen molar-refractivity contribution in [1.82, 2.24) is 14.5 Å². The van der Waals surface area contributed by atoms with E-state index < -0.39 is 0 Å². The summed E-state index contributed by atoms with van der Waals surface area (Å²) in [5.74, 6) is 0.381. The summed E-state index contributed by atoms with van der Waals surface area (Å²) in [4.78, 5) is 30.5. The highest BCUT2D eigenvalue weighted by Crippen LogP contribution is 2.23. The third-order valence-corrected chi connectivity index (χ3v) is 4.66. The van der Waals surface area contributed by atoms with Gasteiger partial charge in [-0.1, -0.05) is 0 Å². The zero-order valence-corrected chi connectivity index (χ0v) is 14.1. The van der Waals surface area contributed by atoms with Crippen LogP contribution in [0.5, 0.6) is 0 Å². The quantitative estimate of drug-likeness (QED) is 0.823. The normalized spacial score (nSPS) is 27.2. The Morgan fingerprint density at radius 2 is 2.25 bits per heavy atom. The van der Waals surface area contributed by atoms with Crippen molar-refractivity contribution in [2.24, 2.45) is 13.0 Å². The minimum absolute atomic E-state index is 0.0199. The molecule has 3 rings (SSSR count). The summed E-state index contributed by atoms with van der Waals surface area (Å²) >= 11 is 0. The average molecular weight is 336 g/mol. The van der Waals surface area contributed by atoms with Crippen molar-refractivity contribution in [3.8, 4) is 0 Å². The third-order valence-electron chi connectivity index (χ3n) is 4.66. The fourth-order valence-electron chi connectivity index (χ4n) is 3.16. The fourth-order valence-corrected chi connectivity index (χ4v) is 3.16. The van der Waals surface area contributed by atoms with Crippen LogP contribution in [-0.2, 0) is 21.3 Å². The lowest BCUT2D eigenvalue weighted by Crippen LogP contribution is -2.50. The topological polar surface area (TPSA) is 85.7 Å². The van der Waals surface area contributed by atoms with Gasteiger partial charge in [-0.15, -0.1) is 0 Å². The highest BCUT2D eigenvalue weighted by atomic mass is 16.5. The van der Waals surface area contributed by atoms with Gasteiger partial charge in [-0.3, -0.25) is 9.59 Å². The minimum atomic E-state index is -0.182. The van der Waals surface area contributed by atoms with Gasteiger partial charge in [-0.2, -0.15) is 0 Å². The zero-order chi connectivity index (χ0) is 17.1. The smallest absolute Gasteiger partial charge is 0.293 e. The predicted octanol–water partition coefficient (Wildman–Crippen LogP) is -0.155. The van der Waals surface area contributed by atoms with Gasteiger partial charge in [0.2, 0.25) is 5.91 Å². The van der Waals surface area contributed by atoms with Gasteiger partial charge in [0.25, 0.3) is 5.56 Å². The van der Waals surface area contributed by atoms with E-state index in [1.54, 1.807) is 19.4 Å². The molecule has 0 aliphatic carbocycles. The highest BCUT2D eigenvalue weighted by Gasteiger charge is 2.35. The van der Waals surface area contributed by atoms with Gasteiger partial charge >= 0.3 is 0 Å². The first kappa shape index (κ1) is 16.9. The van der Waals surface area contributed by atoms with Crippen LogP contribution in [0.2, 0.25) is 0 Å². The van der Waals surface area contributed by atoms with Crippen molar-refractivity contribution in [2.45, 2.75) is 25.6 Å². The number of hydrogen-bond acceptors (Lipinski definition) is 6. The van der Waals surface area contributed by atoms with Gasteiger partial charge in [0.15, 0.2) is 5.82 Å². The highest BCUT2D eigenvalue weighted by molar-refractivity contribution is 5.79. The number of aryl methyl sites for hydroxylation is 1. The maximum absolute atomic E-state index is 12.6. The SMILES string of the molecule is CC1OCCC1C(=O)N1CCOC(CNc2nccn(C)c2=O)C1. The maximum atomic E-state index is 12.6. The molecule has 3 atom stereocenters. The van der Waals surface area contributed by atoms with Crippen LogP contribution in [-0.4, -0.2) is 65.4 Å². The molecule has 0 bridgehead atoms. The number of nitrogens with one attached hydrogen (secondary N) is 1. The molecule has 24 heavy (non-hydrogen) atoms. The molecular formula is C16H24N4O4. The van der Waals surface area contributed by atoms with Crippen LogP contribution in [0.4, 0.5) is 5.82 Å². The second-order valence-electron chi connectivity index (χ2n) is 6.32. The number of ether oxygens (including phenoxy) is 2. The van der Waals surface area contributed by atoms with Crippen LogP contribution in [0.3, 0.4) is 0 Å². The number of rotatable bonds is 4. The zero-order valence-electron chi connectivity index (χ0n) is 14.1. The molecule has 2 saturated heterocycles. The van der Waals surface area contributed by atoms with Gasteiger partial charge in [-0.25, -0.2) is 4.98 Å². The second kappa shape index (κ2) is 7.31. The molecule has 3 heterocycles. The lowest BCUT2D eigenvalue weighted by Gasteiger charge is -2.35. The number of carbonyl (C=O) groups is 1. The van der Waals surface area contributed by atoms with E-state index >= 15 is 0 Å². The number of nitrogens with zero attached hydrogens (tertiary/aromatic N) is 3. The molecule has 0 radical (unpaired) electrons. The van der Waals surface area contributed by atoms with Gasteiger partial charge in [-0.05, 0) is 13.3 Å². The molecule has 8 heteroatoms. The molecule has 1 N–H and O–H groups in total. The molecule has 1 aromatic rings. The Hall–Kier alpha value is -1.93. The summed E-state index contributed by atoms with van der Waals surface area (Å²) < 4.78 is 12.7. The summed E-state index contributed by atoms with van der Waals surface area (Å²) in [6, 6.07) is 0. The monoisotopic (exact) mass is 336 g/mol. The number of carbonyl (C=O) groups excluding carboxylic acids is 1. The van der Waals surface area contributed by atoms with Crippen LogP contribution < -0.4 is 10.9 Å². The van der Waals surface area contributed by atoms with Crippen molar-refractivity contribution in [2.75, 3.05) is 38.2 Å². The summed E-state index contributed by atoms with van der Waals surface area (Å²) in [5.41, 5.74) is -0.182. The van der Waals surface area contributed by atoms with E-state index in [1.807, 2.05) is 11.8 Å². The fraction of sp³-hybridized carbons (Fsp3) is 0.688. The molecule has 0 aromatic carbocycles. The molecule has 0 spiro atoms. The lowest BCUT2D eigenvalue weighted by atomic mass is 10.0. The first-order chi connectivity index (χ1) is 11.6. The Morgan fingerprint density at radius 1 is 1.42 bits per heavy atom. The number of amides is 1. The summed E-state index contributed by atoms with van der Waals surface area (Å²) in [6.07, 6.45) is 3.78. The number of anilines is 1. The predicted molar refractivity (Wildman–Crippen MR) is 87.8 cm³/mol. The van der Waals surface area contributed by atoms with Gasteiger partial charge in [0.1, 0.15) is 0 Å². The molecule has 2 aliphatic heterocycles. The molecule has 3 unspecified atom stereocenters. The van der Waals surface area contributed by atoms with Crippen molar-refractivity contribution >= 4 is 11.7 Å². The van der Waals surface area contributed by atoms with E-state index in [-0.39, 0.29) is 29.6 Å². The third kappa shape index (κ3) is 3.59.